The molecule has 0 radical (unpaired) electrons. The Kier molecular flexibility index (Phi) is 3.30. The van der Waals surface area contributed by atoms with Gasteiger partial charge in [-0.05, 0) is 56.5 Å². The maximum Gasteiger partial charge on any atom is 0.0700 e. The Morgan fingerprint density at radius 1 is 1.33 bits per heavy atom. The van der Waals surface area contributed by atoms with Crippen LogP contribution in [0.1, 0.15) is 18.4 Å². The molecule has 0 aliphatic heterocycles. The highest BCUT2D eigenvalue weighted by Crippen LogP contribution is 2.26. The number of hydrogen-bond donors (Lipinski definition) is 0. The molecule has 0 heterocycles. The molecule has 1 nitrogen and oxygen atoms in total. The molecule has 62 valence electrons. The van der Waals surface area contributed by atoms with Crippen LogP contribution in [0.25, 0.3) is 0 Å². The van der Waals surface area contributed by atoms with Gasteiger partial charge in [-0.2, -0.15) is 5.26 Å². The Bertz CT molecular complexity index is 328. The average molecular weight is 289 g/mol. The van der Waals surface area contributed by atoms with E-state index in [1.807, 2.05) is 25.1 Å². The van der Waals surface area contributed by atoms with Crippen molar-refractivity contribution in [2.45, 2.75) is 12.8 Å². The summed E-state index contributed by atoms with van der Waals surface area (Å²) in [5.41, 5.74) is 1.03. The van der Waals surface area contributed by atoms with Crippen LogP contribution in [0.15, 0.2) is 27.1 Å². The molecule has 0 amide bonds. The first-order chi connectivity index (χ1) is 5.65. The van der Waals surface area contributed by atoms with Crippen LogP contribution in [0.5, 0.6) is 0 Å². The molecule has 1 rings (SSSR count). The smallest absolute Gasteiger partial charge is 0.0700 e. The molecular weight excluding hydrogens is 282 g/mol. The number of nitrogens with zero attached hydrogens (tertiary/aromatic N) is 1. The van der Waals surface area contributed by atoms with Crippen LogP contribution in [-0.4, -0.2) is 0 Å². The molecule has 0 N–H and O–H groups in total. The first-order valence-corrected chi connectivity index (χ1v) is 5.08. The van der Waals surface area contributed by atoms with Crippen LogP contribution < -0.4 is 0 Å². The first kappa shape index (κ1) is 9.76. The third-order valence-corrected chi connectivity index (χ3v) is 3.52. The number of benzene rings is 1. The third kappa shape index (κ3) is 2.09. The maximum atomic E-state index is 8.67. The molecule has 0 aliphatic rings. The van der Waals surface area contributed by atoms with Gasteiger partial charge in [-0.1, -0.05) is 6.07 Å². The van der Waals surface area contributed by atoms with E-state index in [0.29, 0.717) is 0 Å². The number of rotatable bonds is 1. The molecule has 0 aromatic heterocycles. The maximum absolute atomic E-state index is 8.67. The summed E-state index contributed by atoms with van der Waals surface area (Å²) in [4.78, 5) is 0. The van der Waals surface area contributed by atoms with Gasteiger partial charge in [-0.25, -0.2) is 0 Å². The Labute approximate surface area is 88.7 Å². The topological polar surface area (TPSA) is 23.8 Å². The minimum absolute atomic E-state index is 0.0469. The fourth-order valence-electron chi connectivity index (χ4n) is 0.856. The van der Waals surface area contributed by atoms with E-state index in [1.54, 1.807) is 0 Å². The van der Waals surface area contributed by atoms with Crippen molar-refractivity contribution in [3.05, 3.63) is 32.7 Å². The molecule has 0 bridgehead atoms. The fraction of sp³-hybridized carbons (Fsp3) is 0.222. The Hall–Kier alpha value is -0.330. The van der Waals surface area contributed by atoms with Gasteiger partial charge in [0.25, 0.3) is 0 Å². The molecule has 0 saturated heterocycles. The molecule has 0 spiro atoms. The highest BCUT2D eigenvalue weighted by atomic mass is 79.9. The van der Waals surface area contributed by atoms with E-state index in [0.717, 1.165) is 14.5 Å². The van der Waals surface area contributed by atoms with Crippen LogP contribution in [-0.2, 0) is 0 Å². The zero-order chi connectivity index (χ0) is 9.14. The predicted octanol–water partition coefficient (Wildman–Crippen LogP) is 3.84. The van der Waals surface area contributed by atoms with E-state index in [4.69, 9.17) is 5.26 Å². The van der Waals surface area contributed by atoms with Gasteiger partial charge in [-0.15, -0.1) is 0 Å². The van der Waals surface area contributed by atoms with E-state index >= 15 is 0 Å². The normalized spacial score (nSPS) is 12.2. The minimum Gasteiger partial charge on any atom is -0.198 e. The molecule has 1 unspecified atom stereocenters. The summed E-state index contributed by atoms with van der Waals surface area (Å²) >= 11 is 6.76. The van der Waals surface area contributed by atoms with Crippen molar-refractivity contribution in [3.63, 3.8) is 0 Å². The summed E-state index contributed by atoms with van der Waals surface area (Å²) in [5.74, 6) is -0.0469. The molecule has 1 aromatic carbocycles. The Morgan fingerprint density at radius 2 is 2.00 bits per heavy atom. The van der Waals surface area contributed by atoms with Crippen LogP contribution in [0.4, 0.5) is 0 Å². The lowest BCUT2D eigenvalue weighted by Crippen LogP contribution is -1.88. The highest BCUT2D eigenvalue weighted by Gasteiger charge is 2.04. The lowest BCUT2D eigenvalue weighted by molar-refractivity contribution is 0.979. The minimum atomic E-state index is -0.0469. The van der Waals surface area contributed by atoms with Crippen molar-refractivity contribution >= 4 is 31.9 Å². The summed E-state index contributed by atoms with van der Waals surface area (Å²) in [6.45, 7) is 1.88. The molecule has 3 heteroatoms. The second-order valence-electron chi connectivity index (χ2n) is 2.52. The van der Waals surface area contributed by atoms with E-state index in [9.17, 15) is 0 Å². The van der Waals surface area contributed by atoms with Crippen LogP contribution in [0.3, 0.4) is 0 Å². The first-order valence-electron chi connectivity index (χ1n) is 3.49. The Balaban J connectivity index is 3.06. The molecule has 0 fully saturated rings. The molecule has 1 atom stereocenters. The summed E-state index contributed by atoms with van der Waals surface area (Å²) in [6.07, 6.45) is 0. The van der Waals surface area contributed by atoms with Gasteiger partial charge in [0, 0.05) is 8.95 Å². The van der Waals surface area contributed by atoms with Crippen LogP contribution in [0.2, 0.25) is 0 Å². The van der Waals surface area contributed by atoms with Crippen LogP contribution in [0, 0.1) is 11.3 Å². The fourth-order valence-corrected chi connectivity index (χ4v) is 1.50. The summed E-state index contributed by atoms with van der Waals surface area (Å²) in [7, 11) is 0. The third-order valence-electron chi connectivity index (χ3n) is 1.64. The largest absolute Gasteiger partial charge is 0.198 e. The molecule has 1 aromatic rings. The van der Waals surface area contributed by atoms with Crippen LogP contribution >= 0.6 is 31.9 Å². The Morgan fingerprint density at radius 3 is 2.50 bits per heavy atom. The van der Waals surface area contributed by atoms with Gasteiger partial charge in [0.05, 0.1) is 12.0 Å². The van der Waals surface area contributed by atoms with Gasteiger partial charge >= 0.3 is 0 Å². The van der Waals surface area contributed by atoms with Gasteiger partial charge in [0.1, 0.15) is 0 Å². The SMILES string of the molecule is CC(C#N)c1ccc(Br)c(Br)c1. The van der Waals surface area contributed by atoms with Crippen molar-refractivity contribution < 1.29 is 0 Å². The zero-order valence-corrected chi connectivity index (χ0v) is 9.68. The number of nitriles is 1. The van der Waals surface area contributed by atoms with Gasteiger partial charge in [0.2, 0.25) is 0 Å². The highest BCUT2D eigenvalue weighted by molar-refractivity contribution is 9.13. The monoisotopic (exact) mass is 287 g/mol. The summed E-state index contributed by atoms with van der Waals surface area (Å²) in [5, 5.41) is 8.67. The number of halogens is 2. The second kappa shape index (κ2) is 4.06. The quantitative estimate of drug-likeness (QED) is 0.770. The standard InChI is InChI=1S/C9H7Br2N/c1-6(5-12)7-2-3-8(10)9(11)4-7/h2-4,6H,1H3. The lowest BCUT2D eigenvalue weighted by Gasteiger charge is -2.03. The zero-order valence-electron chi connectivity index (χ0n) is 6.51. The van der Waals surface area contributed by atoms with Gasteiger partial charge in [-0.3, -0.25) is 0 Å². The van der Waals surface area contributed by atoms with Gasteiger partial charge in [0.15, 0.2) is 0 Å². The van der Waals surface area contributed by atoms with E-state index in [2.05, 4.69) is 37.9 Å². The second-order valence-corrected chi connectivity index (χ2v) is 4.23. The molecule has 12 heavy (non-hydrogen) atoms. The summed E-state index contributed by atoms with van der Waals surface area (Å²) < 4.78 is 2.00. The van der Waals surface area contributed by atoms with Gasteiger partial charge < -0.3 is 0 Å². The van der Waals surface area contributed by atoms with Crippen molar-refractivity contribution in [3.8, 4) is 6.07 Å². The van der Waals surface area contributed by atoms with Crippen molar-refractivity contribution in [1.82, 2.24) is 0 Å². The number of hydrogen-bond acceptors (Lipinski definition) is 1. The molecule has 0 saturated carbocycles. The molecular formula is C9H7Br2N. The van der Waals surface area contributed by atoms with Crippen molar-refractivity contribution in [1.29, 1.82) is 5.26 Å². The predicted molar refractivity (Wildman–Crippen MR) is 55.9 cm³/mol. The van der Waals surface area contributed by atoms with Crippen molar-refractivity contribution in [2.24, 2.45) is 0 Å². The molecule has 0 aliphatic carbocycles. The van der Waals surface area contributed by atoms with E-state index < -0.39 is 0 Å². The van der Waals surface area contributed by atoms with E-state index in [1.165, 1.54) is 0 Å². The van der Waals surface area contributed by atoms with E-state index in [-0.39, 0.29) is 5.92 Å². The van der Waals surface area contributed by atoms with Crippen molar-refractivity contribution in [2.75, 3.05) is 0 Å². The summed E-state index contributed by atoms with van der Waals surface area (Å²) in [6, 6.07) is 8.03. The average Bonchev–Trinajstić information content (AvgIpc) is 2.08. The lowest BCUT2D eigenvalue weighted by atomic mass is 10.0.